The summed E-state index contributed by atoms with van der Waals surface area (Å²) in [5, 5.41) is 10.7. The third-order valence-electron chi connectivity index (χ3n) is 4.90. The molecule has 1 aromatic carbocycles. The standard InChI is InChI=1S/C19H24O7/c1-18(2)23-12-11(20)13-16(26-19(3,4)24-13)14(15(12)25-18)22-17(21)10-8-6-5-7-9-10/h5-9,11-16,20H,1-4H3/t11?,12-,13-,14?,15-,16+/m0/s1. The molecule has 2 heterocycles. The predicted molar refractivity (Wildman–Crippen MR) is 89.3 cm³/mol. The molecule has 1 aliphatic carbocycles. The second kappa shape index (κ2) is 6.00. The molecule has 1 aromatic rings. The molecule has 0 aromatic heterocycles. The van der Waals surface area contributed by atoms with Crippen LogP contribution in [0.25, 0.3) is 0 Å². The smallest absolute Gasteiger partial charge is 0.338 e. The summed E-state index contributed by atoms with van der Waals surface area (Å²) in [5.74, 6) is -2.28. The summed E-state index contributed by atoms with van der Waals surface area (Å²) in [6.45, 7) is 7.04. The van der Waals surface area contributed by atoms with Crippen molar-refractivity contribution in [1.82, 2.24) is 0 Å². The van der Waals surface area contributed by atoms with E-state index in [1.807, 2.05) is 6.07 Å². The first kappa shape index (κ1) is 17.9. The average molecular weight is 364 g/mol. The zero-order chi connectivity index (χ0) is 18.7. The first-order valence-corrected chi connectivity index (χ1v) is 8.82. The van der Waals surface area contributed by atoms with Gasteiger partial charge in [0.15, 0.2) is 17.7 Å². The number of benzene rings is 1. The molecule has 0 radical (unpaired) electrons. The van der Waals surface area contributed by atoms with Gasteiger partial charge in [-0.05, 0) is 39.8 Å². The Bertz CT molecular complexity index is 654. The van der Waals surface area contributed by atoms with E-state index in [4.69, 9.17) is 23.7 Å². The second-order valence-corrected chi connectivity index (χ2v) is 7.86. The number of hydrogen-bond acceptors (Lipinski definition) is 7. The van der Waals surface area contributed by atoms with Crippen molar-refractivity contribution in [3.05, 3.63) is 35.9 Å². The Balaban J connectivity index is 1.64. The van der Waals surface area contributed by atoms with Crippen molar-refractivity contribution in [2.75, 3.05) is 0 Å². The molecule has 1 saturated carbocycles. The highest BCUT2D eigenvalue weighted by Gasteiger charge is 2.64. The van der Waals surface area contributed by atoms with Gasteiger partial charge in [-0.15, -0.1) is 0 Å². The Morgan fingerprint density at radius 3 is 1.85 bits per heavy atom. The Kier molecular flexibility index (Phi) is 4.13. The van der Waals surface area contributed by atoms with Crippen LogP contribution in [0.2, 0.25) is 0 Å². The molecule has 6 atom stereocenters. The summed E-state index contributed by atoms with van der Waals surface area (Å²) in [5.41, 5.74) is 0.433. The number of aliphatic hydroxyl groups is 1. The lowest BCUT2D eigenvalue weighted by molar-refractivity contribution is -0.183. The van der Waals surface area contributed by atoms with Crippen LogP contribution in [0.5, 0.6) is 0 Å². The van der Waals surface area contributed by atoms with Crippen LogP contribution in [0.15, 0.2) is 30.3 Å². The van der Waals surface area contributed by atoms with Gasteiger partial charge in [0.05, 0.1) is 5.56 Å². The number of fused-ring (bicyclic) bond motifs is 2. The minimum Gasteiger partial charge on any atom is -0.453 e. The molecule has 7 heteroatoms. The van der Waals surface area contributed by atoms with Gasteiger partial charge >= 0.3 is 5.97 Å². The lowest BCUT2D eigenvalue weighted by atomic mass is 9.85. The van der Waals surface area contributed by atoms with E-state index in [0.29, 0.717) is 5.56 Å². The van der Waals surface area contributed by atoms with E-state index >= 15 is 0 Å². The van der Waals surface area contributed by atoms with E-state index in [0.717, 1.165) is 0 Å². The van der Waals surface area contributed by atoms with Gasteiger partial charge in [-0.25, -0.2) is 4.79 Å². The highest BCUT2D eigenvalue weighted by molar-refractivity contribution is 5.89. The van der Waals surface area contributed by atoms with E-state index in [1.165, 1.54) is 0 Å². The third kappa shape index (κ3) is 3.04. The van der Waals surface area contributed by atoms with E-state index in [-0.39, 0.29) is 0 Å². The maximum absolute atomic E-state index is 12.6. The Labute approximate surface area is 152 Å². The average Bonchev–Trinajstić information content (AvgIpc) is 3.08. The van der Waals surface area contributed by atoms with Crippen LogP contribution in [0.1, 0.15) is 38.1 Å². The first-order chi connectivity index (χ1) is 12.2. The summed E-state index contributed by atoms with van der Waals surface area (Å²) in [6.07, 6.45) is -4.34. The Morgan fingerprint density at radius 2 is 1.35 bits per heavy atom. The predicted octanol–water partition coefficient (Wildman–Crippen LogP) is 1.63. The molecule has 0 bridgehead atoms. The van der Waals surface area contributed by atoms with Gasteiger partial charge in [0, 0.05) is 0 Å². The lowest BCUT2D eigenvalue weighted by Gasteiger charge is -2.40. The molecule has 2 unspecified atom stereocenters. The monoisotopic (exact) mass is 364 g/mol. The van der Waals surface area contributed by atoms with E-state index < -0.39 is 54.2 Å². The van der Waals surface area contributed by atoms with Gasteiger partial charge < -0.3 is 28.8 Å². The van der Waals surface area contributed by atoms with Crippen molar-refractivity contribution >= 4 is 5.97 Å². The maximum atomic E-state index is 12.6. The zero-order valence-electron chi connectivity index (χ0n) is 15.2. The largest absolute Gasteiger partial charge is 0.453 e. The minimum atomic E-state index is -0.944. The molecular formula is C19H24O7. The molecule has 7 nitrogen and oxygen atoms in total. The summed E-state index contributed by atoms with van der Waals surface area (Å²) >= 11 is 0. The Hall–Kier alpha value is -1.51. The zero-order valence-corrected chi connectivity index (χ0v) is 15.2. The minimum absolute atomic E-state index is 0.433. The molecule has 0 amide bonds. The fraction of sp³-hybridized carbons (Fsp3) is 0.632. The molecule has 26 heavy (non-hydrogen) atoms. The third-order valence-corrected chi connectivity index (χ3v) is 4.90. The van der Waals surface area contributed by atoms with Crippen molar-refractivity contribution in [1.29, 1.82) is 0 Å². The highest BCUT2D eigenvalue weighted by Crippen LogP contribution is 2.45. The fourth-order valence-electron chi connectivity index (χ4n) is 3.94. The van der Waals surface area contributed by atoms with Gasteiger partial charge in [0.25, 0.3) is 0 Å². The number of ether oxygens (including phenoxy) is 5. The maximum Gasteiger partial charge on any atom is 0.338 e. The highest BCUT2D eigenvalue weighted by atomic mass is 16.8. The van der Waals surface area contributed by atoms with E-state index in [9.17, 15) is 9.90 Å². The summed E-state index contributed by atoms with van der Waals surface area (Å²) in [6, 6.07) is 8.72. The molecule has 1 N–H and O–H groups in total. The number of rotatable bonds is 2. The van der Waals surface area contributed by atoms with E-state index in [2.05, 4.69) is 0 Å². The fourth-order valence-corrected chi connectivity index (χ4v) is 3.94. The summed E-state index contributed by atoms with van der Waals surface area (Å²) < 4.78 is 29.4. The normalized spacial score (nSPS) is 39.9. The quantitative estimate of drug-likeness (QED) is 0.799. The van der Waals surface area contributed by atoms with Crippen LogP contribution in [-0.4, -0.2) is 59.3 Å². The summed E-state index contributed by atoms with van der Waals surface area (Å²) in [4.78, 5) is 12.6. The number of aliphatic hydroxyl groups excluding tert-OH is 1. The van der Waals surface area contributed by atoms with E-state index in [1.54, 1.807) is 52.0 Å². The van der Waals surface area contributed by atoms with Crippen molar-refractivity contribution in [2.24, 2.45) is 0 Å². The van der Waals surface area contributed by atoms with Crippen LogP contribution in [-0.2, 0) is 23.7 Å². The number of carbonyl (C=O) groups excluding carboxylic acids is 1. The van der Waals surface area contributed by atoms with Crippen molar-refractivity contribution in [3.63, 3.8) is 0 Å². The van der Waals surface area contributed by atoms with Crippen LogP contribution >= 0.6 is 0 Å². The molecule has 3 aliphatic rings. The molecule has 3 fully saturated rings. The van der Waals surface area contributed by atoms with Gasteiger partial charge in [-0.2, -0.15) is 0 Å². The number of carbonyl (C=O) groups is 1. The molecule has 2 aliphatic heterocycles. The molecule has 2 saturated heterocycles. The first-order valence-electron chi connectivity index (χ1n) is 8.82. The topological polar surface area (TPSA) is 83.5 Å². The molecule has 142 valence electrons. The number of esters is 1. The number of hydrogen-bond donors (Lipinski definition) is 1. The van der Waals surface area contributed by atoms with Crippen molar-refractivity contribution in [3.8, 4) is 0 Å². The van der Waals surface area contributed by atoms with Gasteiger partial charge in [0.1, 0.15) is 30.5 Å². The summed E-state index contributed by atoms with van der Waals surface area (Å²) in [7, 11) is 0. The van der Waals surface area contributed by atoms with Gasteiger partial charge in [0.2, 0.25) is 0 Å². The van der Waals surface area contributed by atoms with Crippen molar-refractivity contribution < 1.29 is 33.6 Å². The van der Waals surface area contributed by atoms with Crippen LogP contribution in [0, 0.1) is 0 Å². The van der Waals surface area contributed by atoms with Gasteiger partial charge in [-0.3, -0.25) is 0 Å². The van der Waals surface area contributed by atoms with Gasteiger partial charge in [-0.1, -0.05) is 18.2 Å². The SMILES string of the molecule is CC1(C)O[C@@H]2C(OC(=O)c3ccccc3)[C@@H]3OC(C)(C)O[C@H]3C(O)[C@@H]2O1. The van der Waals surface area contributed by atoms with Crippen molar-refractivity contribution in [2.45, 2.75) is 75.9 Å². The van der Waals surface area contributed by atoms with Crippen LogP contribution in [0.3, 0.4) is 0 Å². The molecular weight excluding hydrogens is 340 g/mol. The van der Waals surface area contributed by atoms with Crippen LogP contribution in [0.4, 0.5) is 0 Å². The molecule has 4 rings (SSSR count). The lowest BCUT2D eigenvalue weighted by Crippen LogP contribution is -2.62. The second-order valence-electron chi connectivity index (χ2n) is 7.86. The Morgan fingerprint density at radius 1 is 0.885 bits per heavy atom. The van der Waals surface area contributed by atoms with Crippen LogP contribution < -0.4 is 0 Å². The molecule has 0 spiro atoms.